The van der Waals surface area contributed by atoms with Crippen molar-refractivity contribution < 1.29 is 75.2 Å². The average Bonchev–Trinajstić information content (AvgIpc) is 3.43. The highest BCUT2D eigenvalue weighted by atomic mass is 28.5. The second kappa shape index (κ2) is 27.8. The number of ether oxygens (including phenoxy) is 2. The summed E-state index contributed by atoms with van der Waals surface area (Å²) in [6.07, 6.45) is -12.7. The van der Waals surface area contributed by atoms with Crippen LogP contribution in [-0.4, -0.2) is 69.2 Å². The van der Waals surface area contributed by atoms with Crippen LogP contribution in [0.3, 0.4) is 0 Å². The van der Waals surface area contributed by atoms with Gasteiger partial charge < -0.3 is 31.3 Å². The van der Waals surface area contributed by atoms with Crippen LogP contribution in [0.5, 0.6) is 11.5 Å². The lowest BCUT2D eigenvalue weighted by Crippen LogP contribution is -2.51. The fourth-order valence-electron chi connectivity index (χ4n) is 9.28. The second-order valence-electron chi connectivity index (χ2n) is 20.2. The van der Waals surface area contributed by atoms with Gasteiger partial charge in [0.05, 0.1) is 35.5 Å². The maximum atomic E-state index is 15.3. The molecule has 2 heterocycles. The van der Waals surface area contributed by atoms with Crippen LogP contribution in [0.2, 0.25) is 25.2 Å². The van der Waals surface area contributed by atoms with Gasteiger partial charge in [0, 0.05) is 61.1 Å². The maximum absolute atomic E-state index is 15.3. The number of benzene rings is 4. The molecule has 0 amide bonds. The van der Waals surface area contributed by atoms with Crippen molar-refractivity contribution >= 4 is 39.1 Å². The number of fused-ring (bicyclic) bond motifs is 2. The van der Waals surface area contributed by atoms with Crippen LogP contribution in [0.1, 0.15) is 100 Å². The van der Waals surface area contributed by atoms with Gasteiger partial charge in [0.1, 0.15) is 47.4 Å². The van der Waals surface area contributed by atoms with E-state index in [1.54, 1.807) is 25.2 Å². The van der Waals surface area contributed by atoms with Gasteiger partial charge in [-0.05, 0) is 123 Å². The first kappa shape index (κ1) is 62.7. The minimum absolute atomic E-state index is 0.00927. The number of hydrogen-bond donors (Lipinski definition) is 0. The van der Waals surface area contributed by atoms with Crippen LogP contribution in [0.4, 0.5) is 43.9 Å². The smallest absolute Gasteiger partial charge is 0.417 e. The molecule has 2 aromatic heterocycles. The molecule has 6 rings (SSSR count). The molecular weight excluding hydrogens is 1090 g/mol. The van der Waals surface area contributed by atoms with Crippen molar-refractivity contribution in [2.45, 2.75) is 153 Å². The van der Waals surface area contributed by atoms with E-state index in [0.717, 1.165) is 50.7 Å². The molecule has 6 unspecified atom stereocenters. The van der Waals surface area contributed by atoms with E-state index < -0.39 is 76.5 Å². The minimum atomic E-state index is -4.73. The van der Waals surface area contributed by atoms with Crippen molar-refractivity contribution in [1.29, 1.82) is 0 Å². The summed E-state index contributed by atoms with van der Waals surface area (Å²) in [6.45, 7) is 6.72. The molecule has 0 N–H and O–H groups in total. The third-order valence-electron chi connectivity index (χ3n) is 14.1. The molecule has 0 fully saturated rings. The van der Waals surface area contributed by atoms with Gasteiger partial charge in [0.15, 0.2) is 0 Å². The van der Waals surface area contributed by atoms with E-state index in [1.807, 2.05) is 13.8 Å². The lowest BCUT2D eigenvalue weighted by Gasteiger charge is -2.36. The molecule has 21 heteroatoms. The Morgan fingerprint density at radius 1 is 0.494 bits per heavy atom. The lowest BCUT2D eigenvalue weighted by atomic mass is 9.95. The average molecular weight is 1160 g/mol. The Labute approximate surface area is 455 Å². The zero-order valence-corrected chi connectivity index (χ0v) is 47.2. The lowest BCUT2D eigenvalue weighted by molar-refractivity contribution is -0.138. The third kappa shape index (κ3) is 17.3. The fraction of sp³-hybridized carbons (Fsp3) is 0.483. The van der Waals surface area contributed by atoms with E-state index >= 15 is 17.6 Å². The van der Waals surface area contributed by atoms with Crippen molar-refractivity contribution in [3.63, 3.8) is 0 Å². The van der Waals surface area contributed by atoms with Gasteiger partial charge in [-0.25, -0.2) is 27.2 Å². The second-order valence-corrected chi connectivity index (χ2v) is 27.3. The normalized spacial score (nSPS) is 15.4. The number of hydrogen-bond acceptors (Lipinski definition) is 9. The molecule has 0 aliphatic rings. The van der Waals surface area contributed by atoms with Crippen molar-refractivity contribution in [3.8, 4) is 33.8 Å². The molecule has 4 aromatic carbocycles. The topological polar surface area (TPSA) is 107 Å². The summed E-state index contributed by atoms with van der Waals surface area (Å²) in [6, 6.07) is 19.0. The van der Waals surface area contributed by atoms with E-state index in [-0.39, 0.29) is 95.9 Å². The number of rotatable bonds is 30. The summed E-state index contributed by atoms with van der Waals surface area (Å²) in [7, 11) is -3.82. The summed E-state index contributed by atoms with van der Waals surface area (Å²) < 4.78 is 186. The first-order valence-electron chi connectivity index (χ1n) is 26.6. The minimum Gasteiger partial charge on any atom is -0.493 e. The van der Waals surface area contributed by atoms with Gasteiger partial charge in [-0.15, -0.1) is 0 Å². The van der Waals surface area contributed by atoms with Crippen molar-refractivity contribution in [2.75, 3.05) is 27.4 Å². The summed E-state index contributed by atoms with van der Waals surface area (Å²) in [5, 5.41) is 0.635. The van der Waals surface area contributed by atoms with Crippen molar-refractivity contribution in [2.24, 2.45) is 0 Å². The van der Waals surface area contributed by atoms with E-state index in [1.165, 1.54) is 74.9 Å². The molecule has 0 saturated carbocycles. The van der Waals surface area contributed by atoms with Crippen LogP contribution in [0.15, 0.2) is 103 Å². The van der Waals surface area contributed by atoms with Gasteiger partial charge in [-0.2, -0.15) is 26.3 Å². The number of alkyl halides is 10. The number of aryl methyl sites for hydroxylation is 2. The molecule has 0 spiro atoms. The highest BCUT2D eigenvalue weighted by molar-refractivity contribution is 6.80. The molecule has 6 aromatic rings. The van der Waals surface area contributed by atoms with Crippen LogP contribution in [0, 0.1) is 0 Å². The Kier molecular flexibility index (Phi) is 22.1. The molecule has 0 aliphatic heterocycles. The Morgan fingerprint density at radius 3 is 1.23 bits per heavy atom. The summed E-state index contributed by atoms with van der Waals surface area (Å²) in [5.41, 5.74) is -3.94. The van der Waals surface area contributed by atoms with Crippen LogP contribution in [-0.2, 0) is 38.2 Å². The molecule has 9 nitrogen and oxygen atoms in total. The zero-order valence-electron chi connectivity index (χ0n) is 45.2. The summed E-state index contributed by atoms with van der Waals surface area (Å²) in [5.74, 6) is 0.306. The SMILES string of the molecule is CCCCCc1ccc(-c2cc3ccc(OCCC(F)C(F)CC[Si](C)(OC)O[Si](C)(CCC(F)C(F)CCOc4ccc5cc(-c6ccc(CCCCC)cc6C(F)(F)F)c(=O)oc5c4)OC)cc3oc2=O)c(C(F)(F)F)c1. The Balaban J connectivity index is 0.957. The van der Waals surface area contributed by atoms with E-state index in [2.05, 4.69) is 0 Å². The first-order chi connectivity index (χ1) is 37.4. The molecular formula is C58H68F10O9Si2. The Morgan fingerprint density at radius 2 is 0.873 bits per heavy atom. The fourth-order valence-corrected chi connectivity index (χ4v) is 16.4. The maximum Gasteiger partial charge on any atom is 0.417 e. The van der Waals surface area contributed by atoms with E-state index in [0.29, 0.717) is 34.7 Å². The molecule has 432 valence electrons. The highest BCUT2D eigenvalue weighted by Gasteiger charge is 2.44. The quantitative estimate of drug-likeness (QED) is 0.0189. The largest absolute Gasteiger partial charge is 0.493 e. The Bertz CT molecular complexity index is 2870. The molecule has 6 atom stereocenters. The molecule has 0 radical (unpaired) electrons. The monoisotopic (exact) mass is 1150 g/mol. The van der Waals surface area contributed by atoms with Crippen LogP contribution < -0.4 is 20.7 Å². The predicted octanol–water partition coefficient (Wildman–Crippen LogP) is 16.6. The van der Waals surface area contributed by atoms with Crippen molar-refractivity contribution in [1.82, 2.24) is 0 Å². The molecule has 0 bridgehead atoms. The van der Waals surface area contributed by atoms with Crippen LogP contribution >= 0.6 is 0 Å². The van der Waals surface area contributed by atoms with Gasteiger partial charge in [-0.3, -0.25) is 0 Å². The van der Waals surface area contributed by atoms with E-state index in [4.69, 9.17) is 31.3 Å². The van der Waals surface area contributed by atoms with E-state index in [9.17, 15) is 35.9 Å². The predicted molar refractivity (Wildman–Crippen MR) is 289 cm³/mol. The third-order valence-corrected chi connectivity index (χ3v) is 21.6. The van der Waals surface area contributed by atoms with Gasteiger partial charge in [0.25, 0.3) is 0 Å². The van der Waals surface area contributed by atoms with Gasteiger partial charge >= 0.3 is 40.7 Å². The summed E-state index contributed by atoms with van der Waals surface area (Å²) >= 11 is 0. The van der Waals surface area contributed by atoms with Gasteiger partial charge in [0.2, 0.25) is 0 Å². The zero-order chi connectivity index (χ0) is 57.7. The Hall–Kier alpha value is -5.49. The molecule has 0 aliphatic carbocycles. The number of halogens is 10. The summed E-state index contributed by atoms with van der Waals surface area (Å²) in [4.78, 5) is 26.1. The van der Waals surface area contributed by atoms with Gasteiger partial charge in [-0.1, -0.05) is 63.8 Å². The standard InChI is InChI=1S/C58H68F10O9Si2/c1-7-9-11-13-37-15-21-43(47(31-37)57(63,64)65)45-33-39-17-19-41(35-53(39)75-55(45)69)73-27-23-49(59)51(61)25-29-78(5,71-3)77-79(6,72-4)30-26-52(62)50(60)24-28-74-42-20-18-40-34-46(56(70)76-54(40)36-42)44-22-16-38(14-12-10-8-2)32-48(44)58(66,67)68/h15-22,31-36,49-52H,7-14,23-30H2,1-6H3. The van der Waals surface area contributed by atoms with Crippen molar-refractivity contribution in [3.05, 3.63) is 128 Å². The number of unbranched alkanes of at least 4 members (excludes halogenated alkanes) is 4. The molecule has 79 heavy (non-hydrogen) atoms. The molecule has 0 saturated heterocycles. The highest BCUT2D eigenvalue weighted by Crippen LogP contribution is 2.40. The van der Waals surface area contributed by atoms with Crippen LogP contribution in [0.25, 0.3) is 44.2 Å². The first-order valence-corrected chi connectivity index (χ1v) is 31.6.